The topological polar surface area (TPSA) is 61.8 Å². The SMILES string of the molecule is [NH3+]C1=CC(=O)C=CC1=O. The molecule has 0 fully saturated rings. The molecule has 0 saturated carbocycles. The van der Waals surface area contributed by atoms with Crippen LogP contribution in [0.15, 0.2) is 23.9 Å². The Hall–Kier alpha value is -1.22. The molecular weight excluding hydrogens is 118 g/mol. The number of hydrogen-bond acceptors (Lipinski definition) is 2. The summed E-state index contributed by atoms with van der Waals surface area (Å²) in [5.41, 5.74) is 3.63. The molecular formula is C6H6NO2+. The van der Waals surface area contributed by atoms with Crippen LogP contribution in [0.2, 0.25) is 0 Å². The van der Waals surface area contributed by atoms with Crippen molar-refractivity contribution in [3.05, 3.63) is 23.9 Å². The molecule has 0 saturated heterocycles. The summed E-state index contributed by atoms with van der Waals surface area (Å²) in [5, 5.41) is 0. The van der Waals surface area contributed by atoms with Crippen LogP contribution in [0.3, 0.4) is 0 Å². The van der Waals surface area contributed by atoms with Crippen LogP contribution in [0.5, 0.6) is 0 Å². The second kappa shape index (κ2) is 1.95. The van der Waals surface area contributed by atoms with Crippen molar-refractivity contribution in [1.82, 2.24) is 0 Å². The maximum Gasteiger partial charge on any atom is 0.239 e. The van der Waals surface area contributed by atoms with E-state index in [0.717, 1.165) is 0 Å². The van der Waals surface area contributed by atoms with Gasteiger partial charge in [0.1, 0.15) is 0 Å². The van der Waals surface area contributed by atoms with Gasteiger partial charge in [-0.05, 0) is 12.2 Å². The molecule has 0 aliphatic heterocycles. The molecule has 0 bridgehead atoms. The van der Waals surface area contributed by atoms with Crippen molar-refractivity contribution < 1.29 is 15.3 Å². The third-order valence-electron chi connectivity index (χ3n) is 1.03. The standard InChI is InChI=1S/C6H5NO2/c7-5-3-4(8)1-2-6(5)9/h1-3H,7H2/p+1. The van der Waals surface area contributed by atoms with Crippen molar-refractivity contribution >= 4 is 11.6 Å². The van der Waals surface area contributed by atoms with Crippen LogP contribution in [0.25, 0.3) is 0 Å². The molecule has 3 heteroatoms. The van der Waals surface area contributed by atoms with E-state index in [2.05, 4.69) is 5.73 Å². The first-order chi connectivity index (χ1) is 4.20. The summed E-state index contributed by atoms with van der Waals surface area (Å²) in [6.45, 7) is 0. The maximum atomic E-state index is 10.6. The van der Waals surface area contributed by atoms with Crippen LogP contribution < -0.4 is 5.73 Å². The van der Waals surface area contributed by atoms with Gasteiger partial charge < -0.3 is 5.73 Å². The molecule has 0 amide bonds. The first-order valence-corrected chi connectivity index (χ1v) is 2.50. The summed E-state index contributed by atoms with van der Waals surface area (Å²) < 4.78 is 0. The van der Waals surface area contributed by atoms with Crippen molar-refractivity contribution in [3.8, 4) is 0 Å². The largest absolute Gasteiger partial charge is 0.322 e. The lowest BCUT2D eigenvalue weighted by Gasteiger charge is -1.93. The molecule has 9 heavy (non-hydrogen) atoms. The number of allylic oxidation sites excluding steroid dienone is 3. The Morgan fingerprint density at radius 1 is 1.22 bits per heavy atom. The van der Waals surface area contributed by atoms with E-state index in [-0.39, 0.29) is 17.3 Å². The summed E-state index contributed by atoms with van der Waals surface area (Å²) >= 11 is 0. The summed E-state index contributed by atoms with van der Waals surface area (Å²) in [6, 6.07) is 0. The van der Waals surface area contributed by atoms with E-state index >= 15 is 0 Å². The van der Waals surface area contributed by atoms with Crippen LogP contribution in [0, 0.1) is 0 Å². The zero-order valence-corrected chi connectivity index (χ0v) is 4.76. The van der Waals surface area contributed by atoms with Crippen LogP contribution >= 0.6 is 0 Å². The Bertz CT molecular complexity index is 225. The van der Waals surface area contributed by atoms with Gasteiger partial charge in [-0.25, -0.2) is 0 Å². The summed E-state index contributed by atoms with van der Waals surface area (Å²) in [6.07, 6.45) is 3.68. The van der Waals surface area contributed by atoms with E-state index in [9.17, 15) is 9.59 Å². The van der Waals surface area contributed by atoms with Crippen LogP contribution in [0.1, 0.15) is 0 Å². The number of carbonyl (C=O) groups is 2. The minimum absolute atomic E-state index is 0.167. The number of ketones is 2. The quantitative estimate of drug-likeness (QED) is 0.413. The molecule has 1 rings (SSSR count). The third-order valence-corrected chi connectivity index (χ3v) is 1.03. The highest BCUT2D eigenvalue weighted by molar-refractivity contribution is 6.15. The molecule has 3 nitrogen and oxygen atoms in total. The Morgan fingerprint density at radius 2 is 1.89 bits per heavy atom. The fourth-order valence-electron chi connectivity index (χ4n) is 0.556. The molecule has 1 aliphatic carbocycles. The fraction of sp³-hybridized carbons (Fsp3) is 0. The Balaban J connectivity index is 2.95. The maximum absolute atomic E-state index is 10.6. The van der Waals surface area contributed by atoms with Gasteiger partial charge in [-0.1, -0.05) is 0 Å². The fourth-order valence-corrected chi connectivity index (χ4v) is 0.556. The van der Waals surface area contributed by atoms with Gasteiger partial charge in [-0.15, -0.1) is 0 Å². The average molecular weight is 124 g/mol. The van der Waals surface area contributed by atoms with Gasteiger partial charge in [0, 0.05) is 0 Å². The second-order valence-corrected chi connectivity index (χ2v) is 1.77. The summed E-state index contributed by atoms with van der Waals surface area (Å²) in [7, 11) is 0. The van der Waals surface area contributed by atoms with E-state index < -0.39 is 0 Å². The first-order valence-electron chi connectivity index (χ1n) is 2.50. The highest BCUT2D eigenvalue weighted by Gasteiger charge is 2.11. The van der Waals surface area contributed by atoms with E-state index in [0.29, 0.717) is 0 Å². The zero-order valence-electron chi connectivity index (χ0n) is 4.76. The number of rotatable bonds is 0. The molecule has 0 aromatic heterocycles. The smallest absolute Gasteiger partial charge is 0.239 e. The molecule has 0 heterocycles. The minimum atomic E-state index is -0.186. The highest BCUT2D eigenvalue weighted by atomic mass is 16.1. The van der Waals surface area contributed by atoms with Gasteiger partial charge in [0.2, 0.25) is 5.78 Å². The monoisotopic (exact) mass is 124 g/mol. The molecule has 0 atom stereocenters. The Morgan fingerprint density at radius 3 is 2.33 bits per heavy atom. The first kappa shape index (κ1) is 5.91. The molecule has 0 aromatic carbocycles. The number of quaternary nitrogens is 1. The van der Waals surface area contributed by atoms with E-state index in [1.165, 1.54) is 18.2 Å². The number of carbonyl (C=O) groups excluding carboxylic acids is 2. The third kappa shape index (κ3) is 1.12. The lowest BCUT2D eigenvalue weighted by molar-refractivity contribution is -0.297. The van der Waals surface area contributed by atoms with Crippen LogP contribution in [-0.4, -0.2) is 11.6 Å². The molecule has 0 radical (unpaired) electrons. The van der Waals surface area contributed by atoms with Crippen LogP contribution in [0.4, 0.5) is 0 Å². The lowest BCUT2D eigenvalue weighted by Crippen LogP contribution is -2.51. The van der Waals surface area contributed by atoms with E-state index in [1.807, 2.05) is 0 Å². The Labute approximate surface area is 51.8 Å². The Kier molecular flexibility index (Phi) is 1.28. The summed E-state index contributed by atoms with van der Waals surface area (Å²) in [5.74, 6) is -0.353. The highest BCUT2D eigenvalue weighted by Crippen LogP contribution is 1.95. The van der Waals surface area contributed by atoms with Crippen molar-refractivity contribution in [2.45, 2.75) is 0 Å². The average Bonchev–Trinajstić information content (AvgIpc) is 1.80. The van der Waals surface area contributed by atoms with E-state index in [4.69, 9.17) is 0 Å². The number of hydrogen-bond donors (Lipinski definition) is 1. The van der Waals surface area contributed by atoms with Gasteiger partial charge in [0.25, 0.3) is 0 Å². The normalized spacial score (nSPS) is 18.1. The summed E-state index contributed by atoms with van der Waals surface area (Å²) in [4.78, 5) is 21.0. The zero-order chi connectivity index (χ0) is 6.85. The molecule has 0 unspecified atom stereocenters. The lowest BCUT2D eigenvalue weighted by atomic mass is 10.1. The van der Waals surface area contributed by atoms with Crippen molar-refractivity contribution in [2.24, 2.45) is 0 Å². The molecule has 0 aromatic rings. The van der Waals surface area contributed by atoms with Gasteiger partial charge >= 0.3 is 0 Å². The van der Waals surface area contributed by atoms with Crippen molar-refractivity contribution in [1.29, 1.82) is 0 Å². The predicted molar refractivity (Wildman–Crippen MR) is 30.1 cm³/mol. The van der Waals surface area contributed by atoms with Gasteiger partial charge in [0.15, 0.2) is 11.5 Å². The van der Waals surface area contributed by atoms with Crippen molar-refractivity contribution in [3.63, 3.8) is 0 Å². The second-order valence-electron chi connectivity index (χ2n) is 1.77. The van der Waals surface area contributed by atoms with Gasteiger partial charge in [-0.3, -0.25) is 9.59 Å². The molecule has 1 aliphatic rings. The molecule has 0 spiro atoms. The minimum Gasteiger partial charge on any atom is -0.322 e. The van der Waals surface area contributed by atoms with Crippen LogP contribution in [-0.2, 0) is 9.59 Å². The van der Waals surface area contributed by atoms with Gasteiger partial charge in [-0.2, -0.15) is 0 Å². The van der Waals surface area contributed by atoms with Gasteiger partial charge in [0.05, 0.1) is 6.08 Å². The van der Waals surface area contributed by atoms with Crippen molar-refractivity contribution in [2.75, 3.05) is 0 Å². The molecule has 46 valence electrons. The molecule has 3 N–H and O–H groups in total. The van der Waals surface area contributed by atoms with E-state index in [1.54, 1.807) is 0 Å². The predicted octanol–water partition coefficient (Wildman–Crippen LogP) is -1.18.